The van der Waals surface area contributed by atoms with Crippen molar-refractivity contribution in [3.63, 3.8) is 0 Å². The molecule has 6 aromatic carbocycles. The number of hydrogen-bond acceptors (Lipinski definition) is 9. The van der Waals surface area contributed by atoms with E-state index in [4.69, 9.17) is 13.6 Å². The van der Waals surface area contributed by atoms with E-state index in [1.807, 2.05) is 20.8 Å². The summed E-state index contributed by atoms with van der Waals surface area (Å²) in [4.78, 5) is 6.49. The molecule has 0 aliphatic heterocycles. The molecule has 6 nitrogen and oxygen atoms in total. The van der Waals surface area contributed by atoms with Crippen molar-refractivity contribution in [2.24, 2.45) is 0 Å². The van der Waals surface area contributed by atoms with Gasteiger partial charge in [0.05, 0.1) is 0 Å². The maximum Gasteiger partial charge on any atom is 0.530 e. The molecule has 0 bridgehead atoms. The molecule has 0 unspecified atom stereocenters. The van der Waals surface area contributed by atoms with Gasteiger partial charge in [-0.05, 0) is 180 Å². The molecule has 0 aliphatic carbocycles. The number of aromatic hydroxyl groups is 3. The minimum absolute atomic E-state index is 0.231. The Labute approximate surface area is 472 Å². The molecule has 410 valence electrons. The standard InChI is InChI=1S/C66H87O6PS3/c1-37-28-52(46(61(7,8)9)34-55(37)74-43-25-40(4)58(67)49(31-43)64(16,17)18)70-73(71-53-29-38(2)56(35-47(53)62(10,11)12)75-44-26-41(5)59(68)50(32-44)65(19,20)21)72-54-30-39(3)57(36-48(54)63(13,14)15)76-45-27-42(6)60(69)51(33-45)66(22,23)24/h25-36,67-69H,1-24H3. The number of phenolic OH excluding ortho intramolecular Hbond substituents is 3. The van der Waals surface area contributed by atoms with Gasteiger partial charge in [0.25, 0.3) is 0 Å². The van der Waals surface area contributed by atoms with Crippen molar-refractivity contribution in [1.29, 1.82) is 0 Å². The summed E-state index contributed by atoms with van der Waals surface area (Å²) >= 11 is 5.10. The summed E-state index contributed by atoms with van der Waals surface area (Å²) in [6, 6.07) is 25.7. The van der Waals surface area contributed by atoms with E-state index < -0.39 is 8.60 Å². The minimum Gasteiger partial charge on any atom is -0.507 e. The topological polar surface area (TPSA) is 88.4 Å². The van der Waals surface area contributed by atoms with Crippen LogP contribution in [0.3, 0.4) is 0 Å². The van der Waals surface area contributed by atoms with Gasteiger partial charge in [-0.1, -0.05) is 160 Å². The van der Waals surface area contributed by atoms with Crippen LogP contribution in [0.25, 0.3) is 0 Å². The van der Waals surface area contributed by atoms with Crippen LogP contribution >= 0.6 is 43.9 Å². The van der Waals surface area contributed by atoms with Crippen LogP contribution in [0.15, 0.2) is 102 Å². The highest BCUT2D eigenvalue weighted by Crippen LogP contribution is 2.53. The molecule has 0 radical (unpaired) electrons. The van der Waals surface area contributed by atoms with Crippen LogP contribution in [0.4, 0.5) is 0 Å². The predicted octanol–water partition coefficient (Wildman–Crippen LogP) is 20.7. The Hall–Kier alpha value is -4.40. The third-order valence-electron chi connectivity index (χ3n) is 13.7. The first kappa shape index (κ1) is 60.8. The van der Waals surface area contributed by atoms with Gasteiger partial charge in [-0.2, -0.15) is 0 Å². The van der Waals surface area contributed by atoms with E-state index in [0.717, 1.165) is 96.1 Å². The Kier molecular flexibility index (Phi) is 17.6. The summed E-state index contributed by atoms with van der Waals surface area (Å²) < 4.78 is 21.9. The maximum atomic E-state index is 11.1. The van der Waals surface area contributed by atoms with Crippen molar-refractivity contribution in [1.82, 2.24) is 0 Å². The first-order chi connectivity index (χ1) is 34.6. The van der Waals surface area contributed by atoms with Crippen LogP contribution in [-0.4, -0.2) is 15.3 Å². The number of rotatable bonds is 12. The van der Waals surface area contributed by atoms with E-state index in [1.165, 1.54) is 0 Å². The van der Waals surface area contributed by atoms with Crippen LogP contribution in [0.5, 0.6) is 34.5 Å². The normalized spacial score (nSPS) is 12.9. The molecule has 0 fully saturated rings. The van der Waals surface area contributed by atoms with Crippen LogP contribution in [-0.2, 0) is 32.5 Å². The zero-order chi connectivity index (χ0) is 57.2. The van der Waals surface area contributed by atoms with Crippen molar-refractivity contribution in [3.8, 4) is 34.5 Å². The molecule has 0 atom stereocenters. The molecule has 10 heteroatoms. The molecular weight excluding hydrogens is 1020 g/mol. The highest BCUT2D eigenvalue weighted by molar-refractivity contribution is 8.00. The van der Waals surface area contributed by atoms with Crippen LogP contribution in [0.1, 0.15) is 191 Å². The molecule has 0 heterocycles. The lowest BCUT2D eigenvalue weighted by atomic mass is 9.85. The second-order valence-corrected chi connectivity index (χ2v) is 31.4. The Balaban J connectivity index is 1.51. The zero-order valence-corrected chi connectivity index (χ0v) is 53.5. The van der Waals surface area contributed by atoms with E-state index in [9.17, 15) is 15.3 Å². The largest absolute Gasteiger partial charge is 0.530 e. The summed E-state index contributed by atoms with van der Waals surface area (Å²) in [6.45, 7) is 51.3. The van der Waals surface area contributed by atoms with Crippen LogP contribution < -0.4 is 13.6 Å². The van der Waals surface area contributed by atoms with Gasteiger partial charge < -0.3 is 28.9 Å². The Bertz CT molecular complexity index is 2810. The highest BCUT2D eigenvalue weighted by Gasteiger charge is 2.33. The van der Waals surface area contributed by atoms with Crippen molar-refractivity contribution in [2.75, 3.05) is 0 Å². The molecule has 76 heavy (non-hydrogen) atoms. The lowest BCUT2D eigenvalue weighted by molar-refractivity contribution is 0.371. The molecule has 0 aliphatic rings. The van der Waals surface area contributed by atoms with Crippen molar-refractivity contribution in [2.45, 2.75) is 228 Å². The fraction of sp³-hybridized carbons (Fsp3) is 0.455. The van der Waals surface area contributed by atoms with Gasteiger partial charge in [-0.25, -0.2) is 0 Å². The first-order valence-corrected chi connectivity index (χ1v) is 30.0. The second-order valence-electron chi connectivity index (χ2n) is 27.1. The van der Waals surface area contributed by atoms with E-state index in [-0.39, 0.29) is 32.5 Å². The molecule has 0 spiro atoms. The Morgan fingerprint density at radius 2 is 0.500 bits per heavy atom. The third-order valence-corrected chi connectivity index (χ3v) is 18.1. The number of aryl methyl sites for hydroxylation is 6. The van der Waals surface area contributed by atoms with E-state index in [0.29, 0.717) is 34.5 Å². The average molecular weight is 1100 g/mol. The summed E-state index contributed by atoms with van der Waals surface area (Å²) in [5.74, 6) is 3.12. The minimum atomic E-state index is -2.17. The predicted molar refractivity (Wildman–Crippen MR) is 325 cm³/mol. The molecule has 3 N–H and O–H groups in total. The van der Waals surface area contributed by atoms with Gasteiger partial charge in [-0.3, -0.25) is 0 Å². The van der Waals surface area contributed by atoms with Crippen LogP contribution in [0, 0.1) is 41.5 Å². The number of hydrogen-bond donors (Lipinski definition) is 3. The average Bonchev–Trinajstić information content (AvgIpc) is 3.24. The van der Waals surface area contributed by atoms with Crippen molar-refractivity contribution >= 4 is 43.9 Å². The zero-order valence-electron chi connectivity index (χ0n) is 50.2. The molecule has 0 saturated heterocycles. The van der Waals surface area contributed by atoms with Gasteiger partial charge in [0.15, 0.2) is 0 Å². The van der Waals surface area contributed by atoms with Gasteiger partial charge in [0.1, 0.15) is 34.5 Å². The van der Waals surface area contributed by atoms with Crippen LogP contribution in [0.2, 0.25) is 0 Å². The molecule has 0 saturated carbocycles. The fourth-order valence-corrected chi connectivity index (χ4v) is 13.3. The van der Waals surface area contributed by atoms with Crippen molar-refractivity contribution in [3.05, 3.63) is 140 Å². The molecule has 0 aromatic heterocycles. The quantitative estimate of drug-likeness (QED) is 0.104. The summed E-state index contributed by atoms with van der Waals surface area (Å²) in [6.07, 6.45) is 0. The monoisotopic (exact) mass is 1100 g/mol. The highest BCUT2D eigenvalue weighted by atomic mass is 32.2. The number of benzene rings is 6. The lowest BCUT2D eigenvalue weighted by Gasteiger charge is -2.30. The molecule has 0 amide bonds. The second kappa shape index (κ2) is 22.0. The fourth-order valence-electron chi connectivity index (χ4n) is 9.11. The Morgan fingerprint density at radius 3 is 0.697 bits per heavy atom. The van der Waals surface area contributed by atoms with E-state index in [2.05, 4.69) is 218 Å². The van der Waals surface area contributed by atoms with Crippen molar-refractivity contribution < 1.29 is 28.9 Å². The van der Waals surface area contributed by atoms with Gasteiger partial charge >= 0.3 is 8.60 Å². The van der Waals surface area contributed by atoms with Gasteiger partial charge in [0.2, 0.25) is 0 Å². The number of phenols is 3. The molecule has 6 aromatic rings. The van der Waals surface area contributed by atoms with E-state index >= 15 is 0 Å². The smallest absolute Gasteiger partial charge is 0.507 e. The summed E-state index contributed by atoms with van der Waals surface area (Å²) in [7, 11) is -2.17. The summed E-state index contributed by atoms with van der Waals surface area (Å²) in [5.41, 5.74) is 9.81. The summed E-state index contributed by atoms with van der Waals surface area (Å²) in [5, 5.41) is 33.3. The maximum absolute atomic E-state index is 11.1. The van der Waals surface area contributed by atoms with E-state index in [1.54, 1.807) is 35.3 Å². The lowest BCUT2D eigenvalue weighted by Crippen LogP contribution is -2.17. The SMILES string of the molecule is Cc1cc(OP(Oc2cc(C)c(Sc3cc(C)c(O)c(C(C)(C)C)c3)cc2C(C)(C)C)Oc2cc(C)c(Sc3cc(C)c(O)c(C(C)(C)C)c3)cc2C(C)(C)C)c(C(C)(C)C)cc1Sc1cc(C)c(O)c(C(C)(C)C)c1. The van der Waals surface area contributed by atoms with Gasteiger partial charge in [-0.15, -0.1) is 0 Å². The third kappa shape index (κ3) is 14.3. The van der Waals surface area contributed by atoms with Gasteiger partial charge in [0, 0.05) is 62.8 Å². The molecule has 6 rings (SSSR count). The Morgan fingerprint density at radius 1 is 0.289 bits per heavy atom. The molecular formula is C66H87O6PS3. The first-order valence-electron chi connectivity index (χ1n) is 26.5.